The Bertz CT molecular complexity index is 1000. The second-order valence-corrected chi connectivity index (χ2v) is 7.81. The van der Waals surface area contributed by atoms with E-state index in [2.05, 4.69) is 24.5 Å². The number of carbonyl (C=O) groups is 3. The van der Waals surface area contributed by atoms with Gasteiger partial charge in [-0.25, -0.2) is 0 Å². The van der Waals surface area contributed by atoms with Gasteiger partial charge in [0.05, 0.1) is 11.6 Å². The van der Waals surface area contributed by atoms with Crippen LogP contribution in [0.25, 0.3) is 0 Å². The minimum atomic E-state index is -0.440. The van der Waals surface area contributed by atoms with E-state index < -0.39 is 5.92 Å². The number of hydrogen-bond donors (Lipinski definition) is 2. The highest BCUT2D eigenvalue weighted by molar-refractivity contribution is 6.04. The highest BCUT2D eigenvalue weighted by Crippen LogP contribution is 2.34. The van der Waals surface area contributed by atoms with E-state index in [1.807, 2.05) is 24.3 Å². The molecule has 0 spiro atoms. The second kappa shape index (κ2) is 8.18. The van der Waals surface area contributed by atoms with Gasteiger partial charge >= 0.3 is 0 Å². The Kier molecular flexibility index (Phi) is 5.44. The van der Waals surface area contributed by atoms with Crippen molar-refractivity contribution in [3.05, 3.63) is 48.0 Å². The predicted molar refractivity (Wildman–Crippen MR) is 115 cm³/mol. The molecule has 1 fully saturated rings. The van der Waals surface area contributed by atoms with Crippen LogP contribution in [-0.4, -0.2) is 30.9 Å². The lowest BCUT2D eigenvalue weighted by Crippen LogP contribution is -2.29. The highest BCUT2D eigenvalue weighted by Gasteiger charge is 2.36. The van der Waals surface area contributed by atoms with Crippen LogP contribution in [0.3, 0.4) is 0 Å². The molecule has 0 unspecified atom stereocenters. The Morgan fingerprint density at radius 1 is 1.27 bits per heavy atom. The number of anilines is 3. The van der Waals surface area contributed by atoms with Crippen molar-refractivity contribution < 1.29 is 19.1 Å². The summed E-state index contributed by atoms with van der Waals surface area (Å²) < 4.78 is 5.34. The van der Waals surface area contributed by atoms with Gasteiger partial charge in [-0.3, -0.25) is 14.4 Å². The van der Waals surface area contributed by atoms with E-state index in [0.29, 0.717) is 29.6 Å². The summed E-state index contributed by atoms with van der Waals surface area (Å²) in [5.41, 5.74) is 3.09. The molecule has 0 saturated carbocycles. The molecule has 7 heteroatoms. The van der Waals surface area contributed by atoms with Crippen molar-refractivity contribution >= 4 is 34.8 Å². The number of para-hydroxylation sites is 1. The van der Waals surface area contributed by atoms with E-state index in [1.54, 1.807) is 23.1 Å². The molecule has 30 heavy (non-hydrogen) atoms. The summed E-state index contributed by atoms with van der Waals surface area (Å²) in [6.07, 6.45) is 1.15. The summed E-state index contributed by atoms with van der Waals surface area (Å²) in [6.45, 7) is 4.59. The van der Waals surface area contributed by atoms with Gasteiger partial charge in [-0.15, -0.1) is 0 Å². The summed E-state index contributed by atoms with van der Waals surface area (Å²) in [5.74, 6) is -0.0366. The third-order valence-electron chi connectivity index (χ3n) is 5.75. The van der Waals surface area contributed by atoms with E-state index in [0.717, 1.165) is 17.7 Å². The molecule has 3 amide bonds. The average molecular weight is 407 g/mol. The molecule has 2 aliphatic rings. The van der Waals surface area contributed by atoms with Gasteiger partial charge in [-0.1, -0.05) is 32.0 Å². The molecule has 2 aromatic carbocycles. The van der Waals surface area contributed by atoms with Crippen LogP contribution in [0, 0.1) is 5.92 Å². The second-order valence-electron chi connectivity index (χ2n) is 7.81. The maximum atomic E-state index is 12.8. The molecular weight excluding hydrogens is 382 g/mol. The Balaban J connectivity index is 1.48. The van der Waals surface area contributed by atoms with Crippen molar-refractivity contribution in [2.75, 3.05) is 28.7 Å². The van der Waals surface area contributed by atoms with Crippen LogP contribution in [0.4, 0.5) is 17.1 Å². The molecular formula is C23H25N3O4. The SMILES string of the molecule is CC[C@@H](C)c1ccccc1N1C[C@@H](C(=O)Nc2ccc3c(c2)NC(=O)CO3)CC1=O. The third-order valence-corrected chi connectivity index (χ3v) is 5.75. The zero-order valence-electron chi connectivity index (χ0n) is 17.1. The zero-order valence-corrected chi connectivity index (χ0v) is 17.1. The van der Waals surface area contributed by atoms with Crippen molar-refractivity contribution in [1.29, 1.82) is 0 Å². The molecule has 2 aliphatic heterocycles. The first-order valence-corrected chi connectivity index (χ1v) is 10.2. The minimum absolute atomic E-state index is 0.0170. The Hall–Kier alpha value is -3.35. The fraction of sp³-hybridized carbons (Fsp3) is 0.348. The first-order chi connectivity index (χ1) is 14.5. The van der Waals surface area contributed by atoms with Crippen molar-refractivity contribution in [3.63, 3.8) is 0 Å². The number of hydrogen-bond acceptors (Lipinski definition) is 4. The molecule has 1 saturated heterocycles. The molecule has 0 bridgehead atoms. The smallest absolute Gasteiger partial charge is 0.262 e. The topological polar surface area (TPSA) is 87.7 Å². The molecule has 4 rings (SSSR count). The largest absolute Gasteiger partial charge is 0.482 e. The number of fused-ring (bicyclic) bond motifs is 1. The van der Waals surface area contributed by atoms with Crippen LogP contribution in [0.5, 0.6) is 5.75 Å². The van der Waals surface area contributed by atoms with E-state index in [1.165, 1.54) is 0 Å². The van der Waals surface area contributed by atoms with Crippen LogP contribution < -0.4 is 20.3 Å². The molecule has 7 nitrogen and oxygen atoms in total. The van der Waals surface area contributed by atoms with Crippen molar-refractivity contribution in [2.24, 2.45) is 5.92 Å². The van der Waals surface area contributed by atoms with Crippen molar-refractivity contribution in [3.8, 4) is 5.75 Å². The van der Waals surface area contributed by atoms with Gasteiger partial charge in [0.15, 0.2) is 6.61 Å². The summed E-state index contributed by atoms with van der Waals surface area (Å²) in [7, 11) is 0. The third kappa shape index (κ3) is 3.87. The number of amides is 3. The monoisotopic (exact) mass is 407 g/mol. The molecule has 2 aromatic rings. The van der Waals surface area contributed by atoms with E-state index in [-0.39, 0.29) is 30.7 Å². The number of nitrogens with zero attached hydrogens (tertiary/aromatic N) is 1. The first kappa shape index (κ1) is 19.9. The van der Waals surface area contributed by atoms with Gasteiger partial charge in [-0.05, 0) is 42.2 Å². The highest BCUT2D eigenvalue weighted by atomic mass is 16.5. The average Bonchev–Trinajstić information content (AvgIpc) is 3.14. The van der Waals surface area contributed by atoms with Crippen molar-refractivity contribution in [2.45, 2.75) is 32.6 Å². The zero-order chi connectivity index (χ0) is 21.3. The van der Waals surface area contributed by atoms with Gasteiger partial charge < -0.3 is 20.3 Å². The summed E-state index contributed by atoms with van der Waals surface area (Å²) in [4.78, 5) is 38.8. The van der Waals surface area contributed by atoms with Crippen molar-refractivity contribution in [1.82, 2.24) is 0 Å². The Labute approximate surface area is 175 Å². The van der Waals surface area contributed by atoms with E-state index in [4.69, 9.17) is 4.74 Å². The molecule has 0 aliphatic carbocycles. The summed E-state index contributed by atoms with van der Waals surface area (Å²) >= 11 is 0. The lowest BCUT2D eigenvalue weighted by Gasteiger charge is -2.23. The Morgan fingerprint density at radius 3 is 2.87 bits per heavy atom. The van der Waals surface area contributed by atoms with Gasteiger partial charge in [0.1, 0.15) is 5.75 Å². The maximum Gasteiger partial charge on any atom is 0.262 e. The quantitative estimate of drug-likeness (QED) is 0.794. The molecule has 156 valence electrons. The lowest BCUT2D eigenvalue weighted by atomic mass is 9.96. The normalized spacial score (nSPS) is 19.0. The number of benzene rings is 2. The van der Waals surface area contributed by atoms with Crippen LogP contribution in [0.1, 0.15) is 38.2 Å². The fourth-order valence-electron chi connectivity index (χ4n) is 3.89. The van der Waals surface area contributed by atoms with E-state index >= 15 is 0 Å². The number of carbonyl (C=O) groups excluding carboxylic acids is 3. The maximum absolute atomic E-state index is 12.8. The van der Waals surface area contributed by atoms with Gasteiger partial charge in [0.25, 0.3) is 5.91 Å². The number of nitrogens with one attached hydrogen (secondary N) is 2. The minimum Gasteiger partial charge on any atom is -0.482 e. The lowest BCUT2D eigenvalue weighted by molar-refractivity contribution is -0.122. The molecule has 2 N–H and O–H groups in total. The standard InChI is InChI=1S/C23H25N3O4/c1-3-14(2)17-6-4-5-7-19(17)26-12-15(10-22(26)28)23(29)24-16-8-9-20-18(11-16)25-21(27)13-30-20/h4-9,11,14-15H,3,10,12-13H2,1-2H3,(H,24,29)(H,25,27)/t14-,15+/m1/s1. The number of ether oxygens (including phenoxy) is 1. The first-order valence-electron chi connectivity index (χ1n) is 10.2. The fourth-order valence-corrected chi connectivity index (χ4v) is 3.89. The van der Waals surface area contributed by atoms with Gasteiger partial charge in [-0.2, -0.15) is 0 Å². The van der Waals surface area contributed by atoms with Crippen LogP contribution in [0.15, 0.2) is 42.5 Å². The van der Waals surface area contributed by atoms with Crippen LogP contribution >= 0.6 is 0 Å². The van der Waals surface area contributed by atoms with Gasteiger partial charge in [0, 0.05) is 24.3 Å². The van der Waals surface area contributed by atoms with Crippen LogP contribution in [-0.2, 0) is 14.4 Å². The van der Waals surface area contributed by atoms with Crippen LogP contribution in [0.2, 0.25) is 0 Å². The molecule has 2 atom stereocenters. The van der Waals surface area contributed by atoms with Gasteiger partial charge in [0.2, 0.25) is 11.8 Å². The molecule has 0 radical (unpaired) electrons. The summed E-state index contributed by atoms with van der Waals surface area (Å²) in [6, 6.07) is 13.0. The summed E-state index contributed by atoms with van der Waals surface area (Å²) in [5, 5.41) is 5.59. The molecule has 2 heterocycles. The number of rotatable bonds is 5. The predicted octanol–water partition coefficient (Wildman–Crippen LogP) is 3.52. The van der Waals surface area contributed by atoms with E-state index in [9.17, 15) is 14.4 Å². The Morgan fingerprint density at radius 2 is 2.07 bits per heavy atom. The molecule has 0 aromatic heterocycles.